The number of hydrogen-bond donors (Lipinski definition) is 2. The summed E-state index contributed by atoms with van der Waals surface area (Å²) >= 11 is 0. The normalized spacial score (nSPS) is 28.9. The van der Waals surface area contributed by atoms with Crippen LogP contribution in [0.2, 0.25) is 0 Å². The van der Waals surface area contributed by atoms with Gasteiger partial charge in [0.2, 0.25) is 0 Å². The summed E-state index contributed by atoms with van der Waals surface area (Å²) < 4.78 is 0. The molecule has 5 nitrogen and oxygen atoms in total. The maximum Gasteiger partial charge on any atom is 0.306 e. The van der Waals surface area contributed by atoms with E-state index in [1.165, 1.54) is 0 Å². The molecule has 2 N–H and O–H groups in total. The second-order valence-electron chi connectivity index (χ2n) is 6.51. The van der Waals surface area contributed by atoms with Gasteiger partial charge in [-0.2, -0.15) is 0 Å². The molecule has 20 heavy (non-hydrogen) atoms. The lowest BCUT2D eigenvalue weighted by atomic mass is 9.78. The van der Waals surface area contributed by atoms with Crippen molar-refractivity contribution in [1.82, 2.24) is 9.80 Å². The molecule has 5 heteroatoms. The molecule has 0 amide bonds. The molecule has 0 spiro atoms. The number of likely N-dealkylation sites (N-methyl/N-ethyl adjacent to an activating group) is 2. The van der Waals surface area contributed by atoms with Crippen LogP contribution in [0, 0.1) is 5.92 Å². The lowest BCUT2D eigenvalue weighted by Crippen LogP contribution is -2.50. The monoisotopic (exact) mass is 286 g/mol. The first-order chi connectivity index (χ1) is 9.27. The Hall–Kier alpha value is -0.650. The minimum absolute atomic E-state index is 0.274. The van der Waals surface area contributed by atoms with Gasteiger partial charge in [0.25, 0.3) is 0 Å². The molecule has 1 atom stereocenters. The van der Waals surface area contributed by atoms with Crippen molar-refractivity contribution < 1.29 is 15.0 Å². The average Bonchev–Trinajstić information content (AvgIpc) is 2.35. The van der Waals surface area contributed by atoms with E-state index in [4.69, 9.17) is 5.11 Å². The molecule has 0 bridgehead atoms. The summed E-state index contributed by atoms with van der Waals surface area (Å²) in [5.74, 6) is -0.995. The number of carboxylic acid groups (broad SMARTS) is 1. The fourth-order valence-corrected chi connectivity index (χ4v) is 3.16. The molecule has 0 saturated heterocycles. The van der Waals surface area contributed by atoms with Crippen LogP contribution in [0.4, 0.5) is 0 Å². The molecule has 0 aromatic heterocycles. The van der Waals surface area contributed by atoms with E-state index in [2.05, 4.69) is 37.7 Å². The van der Waals surface area contributed by atoms with Gasteiger partial charge in [-0.05, 0) is 53.2 Å². The summed E-state index contributed by atoms with van der Waals surface area (Å²) in [6.45, 7) is 6.79. The molecule has 0 radical (unpaired) electrons. The number of carboxylic acids is 1. The maximum atomic E-state index is 11.0. The van der Waals surface area contributed by atoms with Crippen molar-refractivity contribution in [3.63, 3.8) is 0 Å². The number of rotatable bonds is 7. The lowest BCUT2D eigenvalue weighted by molar-refractivity contribution is -0.145. The molecule has 1 unspecified atom stereocenters. The molecule has 1 aliphatic carbocycles. The molecule has 118 valence electrons. The average molecular weight is 286 g/mol. The molecule has 1 saturated carbocycles. The van der Waals surface area contributed by atoms with Crippen molar-refractivity contribution in [2.24, 2.45) is 5.92 Å². The van der Waals surface area contributed by atoms with Crippen LogP contribution >= 0.6 is 0 Å². The summed E-state index contributed by atoms with van der Waals surface area (Å²) in [4.78, 5) is 15.4. The third-order valence-electron chi connectivity index (χ3n) is 4.42. The number of aliphatic hydroxyl groups is 1. The summed E-state index contributed by atoms with van der Waals surface area (Å²) in [5, 5.41) is 19.7. The van der Waals surface area contributed by atoms with E-state index in [0.717, 1.165) is 13.1 Å². The molecule has 1 fully saturated rings. The van der Waals surface area contributed by atoms with Gasteiger partial charge in [-0.3, -0.25) is 9.69 Å². The molecular formula is C15H30N2O3. The molecule has 0 aliphatic heterocycles. The number of aliphatic carboxylic acids is 1. The Morgan fingerprint density at radius 1 is 1.35 bits per heavy atom. The van der Waals surface area contributed by atoms with Crippen molar-refractivity contribution >= 4 is 5.97 Å². The van der Waals surface area contributed by atoms with E-state index in [9.17, 15) is 9.90 Å². The summed E-state index contributed by atoms with van der Waals surface area (Å²) in [6.07, 6.45) is 2.36. The fraction of sp³-hybridized carbons (Fsp3) is 0.933. The van der Waals surface area contributed by atoms with Crippen LogP contribution in [0.3, 0.4) is 0 Å². The Morgan fingerprint density at radius 2 is 1.90 bits per heavy atom. The van der Waals surface area contributed by atoms with Gasteiger partial charge in [0.05, 0.1) is 11.5 Å². The van der Waals surface area contributed by atoms with Crippen LogP contribution in [-0.2, 0) is 4.79 Å². The second-order valence-corrected chi connectivity index (χ2v) is 6.51. The number of carbonyl (C=O) groups is 1. The van der Waals surface area contributed by atoms with E-state index in [0.29, 0.717) is 38.3 Å². The third-order valence-corrected chi connectivity index (χ3v) is 4.42. The highest BCUT2D eigenvalue weighted by Gasteiger charge is 2.37. The lowest BCUT2D eigenvalue weighted by Gasteiger charge is -2.40. The Balaban J connectivity index is 2.54. The van der Waals surface area contributed by atoms with Gasteiger partial charge in [-0.25, -0.2) is 0 Å². The Labute approximate surface area is 122 Å². The molecular weight excluding hydrogens is 256 g/mol. The zero-order valence-corrected chi connectivity index (χ0v) is 13.3. The van der Waals surface area contributed by atoms with Gasteiger partial charge in [0.15, 0.2) is 0 Å². The Kier molecular flexibility index (Phi) is 6.43. The van der Waals surface area contributed by atoms with Gasteiger partial charge in [0.1, 0.15) is 0 Å². The van der Waals surface area contributed by atoms with Crippen molar-refractivity contribution in [3.05, 3.63) is 0 Å². The molecule has 1 aliphatic rings. The van der Waals surface area contributed by atoms with E-state index in [1.54, 1.807) is 0 Å². The smallest absolute Gasteiger partial charge is 0.306 e. The first-order valence-electron chi connectivity index (χ1n) is 7.61. The fourth-order valence-electron chi connectivity index (χ4n) is 3.16. The van der Waals surface area contributed by atoms with Gasteiger partial charge >= 0.3 is 5.97 Å². The number of nitrogens with zero attached hydrogens (tertiary/aromatic N) is 2. The van der Waals surface area contributed by atoms with Gasteiger partial charge in [0, 0.05) is 19.1 Å². The summed E-state index contributed by atoms with van der Waals surface area (Å²) in [5.41, 5.74) is -0.720. The van der Waals surface area contributed by atoms with Crippen LogP contribution in [0.1, 0.15) is 39.5 Å². The zero-order chi connectivity index (χ0) is 15.3. The zero-order valence-electron chi connectivity index (χ0n) is 13.3. The predicted molar refractivity (Wildman–Crippen MR) is 79.8 cm³/mol. The highest BCUT2D eigenvalue weighted by molar-refractivity contribution is 5.70. The number of hydrogen-bond acceptors (Lipinski definition) is 4. The highest BCUT2D eigenvalue weighted by Crippen LogP contribution is 2.33. The first-order valence-corrected chi connectivity index (χ1v) is 7.61. The standard InChI is InChI=1S/C15H30N2O3/c1-5-17(12(2)10-16(3)4)11-15(20)8-6-13(7-9-15)14(18)19/h12-13,20H,5-11H2,1-4H3,(H,18,19). The van der Waals surface area contributed by atoms with Crippen LogP contribution in [0.15, 0.2) is 0 Å². The van der Waals surface area contributed by atoms with Gasteiger partial charge in [-0.1, -0.05) is 6.92 Å². The van der Waals surface area contributed by atoms with E-state index >= 15 is 0 Å². The van der Waals surface area contributed by atoms with Crippen LogP contribution in [0.25, 0.3) is 0 Å². The van der Waals surface area contributed by atoms with Crippen molar-refractivity contribution in [2.75, 3.05) is 33.7 Å². The topological polar surface area (TPSA) is 64.0 Å². The van der Waals surface area contributed by atoms with Crippen molar-refractivity contribution in [2.45, 2.75) is 51.2 Å². The molecule has 1 rings (SSSR count). The Morgan fingerprint density at radius 3 is 2.30 bits per heavy atom. The summed E-state index contributed by atoms with van der Waals surface area (Å²) in [6, 6.07) is 0.385. The first kappa shape index (κ1) is 17.4. The molecule has 0 aromatic carbocycles. The minimum atomic E-state index is -0.722. The van der Waals surface area contributed by atoms with Gasteiger partial charge in [-0.15, -0.1) is 0 Å². The summed E-state index contributed by atoms with van der Waals surface area (Å²) in [7, 11) is 4.11. The van der Waals surface area contributed by atoms with Crippen molar-refractivity contribution in [1.29, 1.82) is 0 Å². The maximum absolute atomic E-state index is 11.0. The Bertz CT molecular complexity index is 312. The SMILES string of the molecule is CCN(CC1(O)CCC(C(=O)O)CC1)C(C)CN(C)C. The van der Waals surface area contributed by atoms with E-state index in [1.807, 2.05) is 0 Å². The third kappa shape index (κ3) is 5.04. The van der Waals surface area contributed by atoms with Gasteiger partial charge < -0.3 is 15.1 Å². The van der Waals surface area contributed by atoms with E-state index in [-0.39, 0.29) is 5.92 Å². The van der Waals surface area contributed by atoms with Crippen LogP contribution < -0.4 is 0 Å². The van der Waals surface area contributed by atoms with Crippen molar-refractivity contribution in [3.8, 4) is 0 Å². The van der Waals surface area contributed by atoms with Crippen LogP contribution in [-0.4, -0.2) is 71.4 Å². The predicted octanol–water partition coefficient (Wildman–Crippen LogP) is 1.26. The molecule has 0 aromatic rings. The van der Waals surface area contributed by atoms with Crippen LogP contribution in [0.5, 0.6) is 0 Å². The minimum Gasteiger partial charge on any atom is -0.481 e. The second kappa shape index (κ2) is 7.38. The quantitative estimate of drug-likeness (QED) is 0.738. The largest absolute Gasteiger partial charge is 0.481 e. The van der Waals surface area contributed by atoms with E-state index < -0.39 is 11.6 Å². The molecule has 0 heterocycles. The highest BCUT2D eigenvalue weighted by atomic mass is 16.4.